The predicted octanol–water partition coefficient (Wildman–Crippen LogP) is 0.705. The van der Waals surface area contributed by atoms with Crippen molar-refractivity contribution in [3.05, 3.63) is 0 Å². The van der Waals surface area contributed by atoms with E-state index in [-0.39, 0.29) is 0 Å². The maximum atomic E-state index is 6.12. The van der Waals surface area contributed by atoms with Crippen molar-refractivity contribution in [2.75, 3.05) is 13.1 Å². The molecule has 2 rings (SSSR count). The van der Waals surface area contributed by atoms with Crippen molar-refractivity contribution in [1.82, 2.24) is 10.6 Å². The second kappa shape index (κ2) is 7.43. The summed E-state index contributed by atoms with van der Waals surface area (Å²) in [6, 6.07) is 1.77. The van der Waals surface area contributed by atoms with Gasteiger partial charge in [0.1, 0.15) is 0 Å². The normalized spacial score (nSPS) is 37.7. The first-order valence-corrected chi connectivity index (χ1v) is 7.75. The van der Waals surface area contributed by atoms with Crippen LogP contribution in [-0.2, 0) is 0 Å². The summed E-state index contributed by atoms with van der Waals surface area (Å²) in [5.74, 6) is 0. The maximum absolute atomic E-state index is 6.12. The molecule has 4 atom stereocenters. The molecule has 0 aromatic carbocycles. The zero-order valence-corrected chi connectivity index (χ0v) is 11.5. The van der Waals surface area contributed by atoms with Gasteiger partial charge in [-0.3, -0.25) is 0 Å². The molecule has 2 fully saturated rings. The third kappa shape index (κ3) is 4.19. The molecule has 0 bridgehead atoms. The number of nitrogens with two attached hydrogens (primary N) is 2. The molecular weight excluding hydrogens is 224 g/mol. The van der Waals surface area contributed by atoms with Gasteiger partial charge in [-0.15, -0.1) is 0 Å². The fourth-order valence-corrected chi connectivity index (χ4v) is 3.34. The minimum atomic E-state index is 0.357. The van der Waals surface area contributed by atoms with Crippen LogP contribution >= 0.6 is 0 Å². The topological polar surface area (TPSA) is 76.1 Å². The first-order valence-electron chi connectivity index (χ1n) is 7.75. The Morgan fingerprint density at radius 1 is 0.667 bits per heavy atom. The third-order valence-electron chi connectivity index (χ3n) is 4.58. The van der Waals surface area contributed by atoms with Gasteiger partial charge in [0.25, 0.3) is 0 Å². The number of nitrogens with one attached hydrogen (secondary N) is 2. The van der Waals surface area contributed by atoms with Gasteiger partial charge in [0.15, 0.2) is 0 Å². The van der Waals surface area contributed by atoms with Gasteiger partial charge >= 0.3 is 0 Å². The molecular formula is C14H30N4. The van der Waals surface area contributed by atoms with Crippen molar-refractivity contribution >= 4 is 0 Å². The van der Waals surface area contributed by atoms with E-state index in [0.717, 1.165) is 13.1 Å². The highest BCUT2D eigenvalue weighted by Crippen LogP contribution is 2.17. The molecule has 6 N–H and O–H groups in total. The summed E-state index contributed by atoms with van der Waals surface area (Å²) in [5.41, 5.74) is 12.2. The van der Waals surface area contributed by atoms with E-state index in [4.69, 9.17) is 11.5 Å². The fourth-order valence-electron chi connectivity index (χ4n) is 3.34. The van der Waals surface area contributed by atoms with E-state index in [1.165, 1.54) is 51.4 Å². The van der Waals surface area contributed by atoms with Crippen LogP contribution in [0.3, 0.4) is 0 Å². The predicted molar refractivity (Wildman–Crippen MR) is 76.5 cm³/mol. The van der Waals surface area contributed by atoms with Crippen LogP contribution < -0.4 is 22.1 Å². The lowest BCUT2D eigenvalue weighted by molar-refractivity contribution is 0.306. The van der Waals surface area contributed by atoms with E-state index in [0.29, 0.717) is 24.2 Å². The van der Waals surface area contributed by atoms with Gasteiger partial charge in [0.2, 0.25) is 0 Å². The Hall–Kier alpha value is -0.160. The van der Waals surface area contributed by atoms with Crippen LogP contribution in [0, 0.1) is 0 Å². The van der Waals surface area contributed by atoms with Gasteiger partial charge < -0.3 is 22.1 Å². The highest BCUT2D eigenvalue weighted by molar-refractivity contribution is 4.86. The molecule has 0 aliphatic heterocycles. The molecule has 0 saturated heterocycles. The Kier molecular flexibility index (Phi) is 5.89. The van der Waals surface area contributed by atoms with Crippen molar-refractivity contribution in [2.45, 2.75) is 75.5 Å². The van der Waals surface area contributed by atoms with Crippen LogP contribution in [0.4, 0.5) is 0 Å². The zero-order chi connectivity index (χ0) is 12.8. The summed E-state index contributed by atoms with van der Waals surface area (Å²) in [5, 5.41) is 7.19. The largest absolute Gasteiger partial charge is 0.326 e. The van der Waals surface area contributed by atoms with Gasteiger partial charge in [0.05, 0.1) is 0 Å². The molecule has 2 aliphatic rings. The SMILES string of the molecule is NC1CCCCC1NCCN[C@H]1CCCCC1N. The Bertz CT molecular complexity index is 210. The molecule has 0 amide bonds. The summed E-state index contributed by atoms with van der Waals surface area (Å²) >= 11 is 0. The molecule has 4 heteroatoms. The lowest BCUT2D eigenvalue weighted by atomic mass is 9.90. The molecule has 0 radical (unpaired) electrons. The second-order valence-electron chi connectivity index (χ2n) is 6.02. The van der Waals surface area contributed by atoms with Crippen LogP contribution in [-0.4, -0.2) is 37.3 Å². The van der Waals surface area contributed by atoms with Gasteiger partial charge in [-0.2, -0.15) is 0 Å². The molecule has 0 aromatic rings. The molecule has 2 saturated carbocycles. The van der Waals surface area contributed by atoms with Crippen LogP contribution in [0.5, 0.6) is 0 Å². The minimum Gasteiger partial charge on any atom is -0.326 e. The van der Waals surface area contributed by atoms with E-state index in [1.54, 1.807) is 0 Å². The van der Waals surface area contributed by atoms with Crippen LogP contribution in [0.25, 0.3) is 0 Å². The Morgan fingerprint density at radius 3 is 1.44 bits per heavy atom. The molecule has 106 valence electrons. The van der Waals surface area contributed by atoms with Gasteiger partial charge in [-0.1, -0.05) is 25.7 Å². The zero-order valence-electron chi connectivity index (χ0n) is 11.5. The van der Waals surface area contributed by atoms with Crippen molar-refractivity contribution in [2.24, 2.45) is 11.5 Å². The molecule has 18 heavy (non-hydrogen) atoms. The van der Waals surface area contributed by atoms with E-state index < -0.39 is 0 Å². The Labute approximate surface area is 111 Å². The molecule has 0 heterocycles. The lowest BCUT2D eigenvalue weighted by Crippen LogP contribution is -2.51. The summed E-state index contributed by atoms with van der Waals surface area (Å²) in [6.45, 7) is 2.03. The monoisotopic (exact) mass is 254 g/mol. The van der Waals surface area contributed by atoms with Crippen molar-refractivity contribution in [1.29, 1.82) is 0 Å². The Morgan fingerprint density at radius 2 is 1.06 bits per heavy atom. The summed E-state index contributed by atoms with van der Waals surface area (Å²) in [4.78, 5) is 0. The standard InChI is InChI=1S/C14H30N4/c15-11-5-1-3-7-13(11)17-9-10-18-14-8-4-2-6-12(14)16/h11-14,17-18H,1-10,15-16H2/t11?,12?,13-,14?/m0/s1. The minimum absolute atomic E-state index is 0.357. The van der Waals surface area contributed by atoms with E-state index in [1.807, 2.05) is 0 Å². The molecule has 2 aliphatic carbocycles. The first kappa shape index (κ1) is 14.3. The van der Waals surface area contributed by atoms with Crippen LogP contribution in [0.2, 0.25) is 0 Å². The number of rotatable bonds is 5. The molecule has 3 unspecified atom stereocenters. The first-order chi connectivity index (χ1) is 8.77. The quantitative estimate of drug-likeness (QED) is 0.545. The van der Waals surface area contributed by atoms with Crippen LogP contribution in [0.1, 0.15) is 51.4 Å². The third-order valence-corrected chi connectivity index (χ3v) is 4.58. The molecule has 0 aromatic heterocycles. The molecule has 0 spiro atoms. The average Bonchev–Trinajstić information content (AvgIpc) is 2.38. The van der Waals surface area contributed by atoms with Crippen molar-refractivity contribution in [3.8, 4) is 0 Å². The van der Waals surface area contributed by atoms with Gasteiger partial charge in [-0.25, -0.2) is 0 Å². The Balaban J connectivity index is 1.57. The van der Waals surface area contributed by atoms with E-state index in [9.17, 15) is 0 Å². The van der Waals surface area contributed by atoms with Crippen molar-refractivity contribution < 1.29 is 0 Å². The smallest absolute Gasteiger partial charge is 0.0219 e. The second-order valence-corrected chi connectivity index (χ2v) is 6.02. The van der Waals surface area contributed by atoms with Gasteiger partial charge in [-0.05, 0) is 25.7 Å². The highest BCUT2D eigenvalue weighted by Gasteiger charge is 2.22. The fraction of sp³-hybridized carbons (Fsp3) is 1.00. The van der Waals surface area contributed by atoms with Crippen LogP contribution in [0.15, 0.2) is 0 Å². The maximum Gasteiger partial charge on any atom is 0.0219 e. The van der Waals surface area contributed by atoms with Crippen molar-refractivity contribution in [3.63, 3.8) is 0 Å². The molecule has 4 nitrogen and oxygen atoms in total. The lowest BCUT2D eigenvalue weighted by Gasteiger charge is -2.31. The summed E-state index contributed by atoms with van der Waals surface area (Å²) in [6.07, 6.45) is 10.1. The van der Waals surface area contributed by atoms with E-state index in [2.05, 4.69) is 10.6 Å². The number of hydrogen-bond acceptors (Lipinski definition) is 4. The number of hydrogen-bond donors (Lipinski definition) is 4. The van der Waals surface area contributed by atoms with E-state index >= 15 is 0 Å². The summed E-state index contributed by atoms with van der Waals surface area (Å²) < 4.78 is 0. The summed E-state index contributed by atoms with van der Waals surface area (Å²) in [7, 11) is 0. The van der Waals surface area contributed by atoms with Gasteiger partial charge in [0, 0.05) is 37.3 Å². The average molecular weight is 254 g/mol. The highest BCUT2D eigenvalue weighted by atomic mass is 15.0.